The predicted molar refractivity (Wildman–Crippen MR) is 111 cm³/mol. The van der Waals surface area contributed by atoms with E-state index in [9.17, 15) is 0 Å². The Morgan fingerprint density at radius 2 is 1.08 bits per heavy atom. The van der Waals surface area contributed by atoms with Crippen molar-refractivity contribution in [2.75, 3.05) is 19.8 Å². The van der Waals surface area contributed by atoms with E-state index in [2.05, 4.69) is 27.4 Å². The van der Waals surface area contributed by atoms with Crippen LogP contribution >= 0.6 is 0 Å². The van der Waals surface area contributed by atoms with Crippen LogP contribution in [0.3, 0.4) is 0 Å². The monoisotopic (exact) mass is 368 g/mol. The first-order chi connectivity index (χ1) is 12.2. The topological polar surface area (TPSA) is 27.7 Å². The molecule has 0 aromatic rings. The molecule has 0 aliphatic carbocycles. The van der Waals surface area contributed by atoms with Gasteiger partial charge < -0.3 is 13.3 Å². The van der Waals surface area contributed by atoms with Gasteiger partial charge in [-0.2, -0.15) is 0 Å². The molecule has 0 atom stereocenters. The standard InChI is InChI=1S/C21H40O3Si/c1-5-9-13-17-21-25(22-18-14-10-6-2,23-19-15-11-7-3)24-20-16-12-8-4/h5,9,13,17,21H,1,6-8,10-12,14-16,18-20H2,2-4H3. The zero-order valence-corrected chi connectivity index (χ0v) is 17.8. The van der Waals surface area contributed by atoms with Gasteiger partial charge in [-0.25, -0.2) is 0 Å². The fourth-order valence-electron chi connectivity index (χ4n) is 2.28. The van der Waals surface area contributed by atoms with E-state index in [1.54, 1.807) is 6.08 Å². The summed E-state index contributed by atoms with van der Waals surface area (Å²) in [5, 5.41) is 0. The average molecular weight is 369 g/mol. The maximum Gasteiger partial charge on any atom is 0.529 e. The molecule has 0 spiro atoms. The molecule has 0 fully saturated rings. The maximum absolute atomic E-state index is 6.22. The molecule has 0 heterocycles. The van der Waals surface area contributed by atoms with E-state index >= 15 is 0 Å². The van der Waals surface area contributed by atoms with Crippen molar-refractivity contribution in [3.8, 4) is 0 Å². The van der Waals surface area contributed by atoms with E-state index in [4.69, 9.17) is 13.3 Å². The second-order valence-corrected chi connectivity index (χ2v) is 8.66. The third-order valence-electron chi connectivity index (χ3n) is 3.81. The lowest BCUT2D eigenvalue weighted by molar-refractivity contribution is 0.0676. The molecule has 0 bridgehead atoms. The second kappa shape index (κ2) is 18.1. The minimum atomic E-state index is -2.76. The number of allylic oxidation sites excluding steroid dienone is 4. The molecule has 146 valence electrons. The van der Waals surface area contributed by atoms with Crippen molar-refractivity contribution in [2.45, 2.75) is 78.6 Å². The van der Waals surface area contributed by atoms with Crippen molar-refractivity contribution in [1.29, 1.82) is 0 Å². The Bertz CT molecular complexity index is 322. The molecule has 3 nitrogen and oxygen atoms in total. The molecule has 0 aliphatic rings. The first-order valence-electron chi connectivity index (χ1n) is 10.1. The number of hydrogen-bond acceptors (Lipinski definition) is 3. The molecule has 25 heavy (non-hydrogen) atoms. The SMILES string of the molecule is C=CC=CC=C[Si](OCCCCC)(OCCCCC)OCCCCC. The van der Waals surface area contributed by atoms with Gasteiger partial charge in [-0.1, -0.05) is 90.2 Å². The van der Waals surface area contributed by atoms with Gasteiger partial charge in [0, 0.05) is 19.8 Å². The van der Waals surface area contributed by atoms with Crippen LogP contribution in [0.4, 0.5) is 0 Å². The van der Waals surface area contributed by atoms with Crippen molar-refractivity contribution in [1.82, 2.24) is 0 Å². The zero-order valence-electron chi connectivity index (χ0n) is 16.8. The summed E-state index contributed by atoms with van der Waals surface area (Å²) in [5.41, 5.74) is 2.02. The van der Waals surface area contributed by atoms with Gasteiger partial charge in [0.25, 0.3) is 0 Å². The summed E-state index contributed by atoms with van der Waals surface area (Å²) in [6.07, 6.45) is 17.8. The fraction of sp³-hybridized carbons (Fsp3) is 0.714. The van der Waals surface area contributed by atoms with E-state index in [-0.39, 0.29) is 0 Å². The van der Waals surface area contributed by atoms with Crippen molar-refractivity contribution < 1.29 is 13.3 Å². The molecule has 0 saturated heterocycles. The lowest BCUT2D eigenvalue weighted by Gasteiger charge is -2.27. The number of hydrogen-bond donors (Lipinski definition) is 0. The summed E-state index contributed by atoms with van der Waals surface area (Å²) in [5.74, 6) is 0. The third kappa shape index (κ3) is 14.2. The van der Waals surface area contributed by atoms with Crippen molar-refractivity contribution in [3.05, 3.63) is 36.6 Å². The molecule has 0 aromatic carbocycles. The Hall–Kier alpha value is -0.683. The second-order valence-electron chi connectivity index (χ2n) is 6.25. The quantitative estimate of drug-likeness (QED) is 0.159. The Labute approximate surface area is 157 Å². The lowest BCUT2D eigenvalue weighted by Crippen LogP contribution is -2.45. The van der Waals surface area contributed by atoms with E-state index in [1.807, 2.05) is 23.9 Å². The van der Waals surface area contributed by atoms with Crippen LogP contribution in [-0.4, -0.2) is 28.6 Å². The van der Waals surface area contributed by atoms with Crippen LogP contribution in [0.2, 0.25) is 0 Å². The van der Waals surface area contributed by atoms with E-state index in [0.29, 0.717) is 19.8 Å². The minimum absolute atomic E-state index is 0.705. The largest absolute Gasteiger partial charge is 0.529 e. The third-order valence-corrected chi connectivity index (χ3v) is 6.23. The molecule has 0 aromatic heterocycles. The highest BCUT2D eigenvalue weighted by atomic mass is 28.4. The van der Waals surface area contributed by atoms with Gasteiger partial charge in [0.05, 0.1) is 0 Å². The first-order valence-corrected chi connectivity index (χ1v) is 11.9. The van der Waals surface area contributed by atoms with Gasteiger partial charge in [0.15, 0.2) is 0 Å². The van der Waals surface area contributed by atoms with Crippen molar-refractivity contribution in [3.63, 3.8) is 0 Å². The summed E-state index contributed by atoms with van der Waals surface area (Å²) in [4.78, 5) is 0. The molecule has 0 unspecified atom stereocenters. The lowest BCUT2D eigenvalue weighted by atomic mass is 10.3. The fourth-order valence-corrected chi connectivity index (χ4v) is 4.46. The molecule has 0 amide bonds. The van der Waals surface area contributed by atoms with Crippen molar-refractivity contribution in [2.24, 2.45) is 0 Å². The molecule has 0 N–H and O–H groups in total. The van der Waals surface area contributed by atoms with Crippen LogP contribution < -0.4 is 0 Å². The van der Waals surface area contributed by atoms with Crippen LogP contribution in [0.15, 0.2) is 36.6 Å². The molecular formula is C21H40O3Si. The van der Waals surface area contributed by atoms with Crippen LogP contribution in [-0.2, 0) is 13.3 Å². The van der Waals surface area contributed by atoms with Gasteiger partial charge in [-0.15, -0.1) is 0 Å². The molecule has 0 radical (unpaired) electrons. The summed E-state index contributed by atoms with van der Waals surface area (Å²) in [7, 11) is -2.76. The highest BCUT2D eigenvalue weighted by Crippen LogP contribution is 2.16. The van der Waals surface area contributed by atoms with Crippen LogP contribution in [0.1, 0.15) is 78.6 Å². The Morgan fingerprint density at radius 1 is 0.640 bits per heavy atom. The summed E-state index contributed by atoms with van der Waals surface area (Å²) < 4.78 is 18.7. The summed E-state index contributed by atoms with van der Waals surface area (Å²) in [6, 6.07) is 0. The van der Waals surface area contributed by atoms with Gasteiger partial charge >= 0.3 is 8.80 Å². The average Bonchev–Trinajstić information content (AvgIpc) is 2.63. The van der Waals surface area contributed by atoms with Crippen molar-refractivity contribution >= 4 is 8.80 Å². The zero-order chi connectivity index (χ0) is 18.6. The molecule has 4 heteroatoms. The highest BCUT2D eigenvalue weighted by molar-refractivity contribution is 6.66. The minimum Gasteiger partial charge on any atom is -0.370 e. The van der Waals surface area contributed by atoms with E-state index in [0.717, 1.165) is 19.3 Å². The number of unbranched alkanes of at least 4 members (excludes halogenated alkanes) is 6. The van der Waals surface area contributed by atoms with Crippen LogP contribution in [0.5, 0.6) is 0 Å². The van der Waals surface area contributed by atoms with E-state index < -0.39 is 8.80 Å². The predicted octanol–water partition coefficient (Wildman–Crippen LogP) is 6.38. The van der Waals surface area contributed by atoms with Gasteiger partial charge in [-0.05, 0) is 25.0 Å². The first kappa shape index (κ1) is 24.3. The Balaban J connectivity index is 4.88. The van der Waals surface area contributed by atoms with Crippen LogP contribution in [0, 0.1) is 0 Å². The van der Waals surface area contributed by atoms with Gasteiger partial charge in [0.2, 0.25) is 0 Å². The van der Waals surface area contributed by atoms with Crippen LogP contribution in [0.25, 0.3) is 0 Å². The molecule has 0 rings (SSSR count). The molecule has 0 aliphatic heterocycles. The maximum atomic E-state index is 6.22. The normalized spacial score (nSPS) is 12.4. The Kier molecular flexibility index (Phi) is 17.6. The smallest absolute Gasteiger partial charge is 0.370 e. The molecule has 0 saturated carbocycles. The summed E-state index contributed by atoms with van der Waals surface area (Å²) in [6.45, 7) is 12.4. The Morgan fingerprint density at radius 3 is 1.44 bits per heavy atom. The highest BCUT2D eigenvalue weighted by Gasteiger charge is 2.38. The molecular weight excluding hydrogens is 328 g/mol. The van der Waals surface area contributed by atoms with E-state index in [1.165, 1.54) is 38.5 Å². The van der Waals surface area contributed by atoms with Gasteiger partial charge in [0.1, 0.15) is 0 Å². The van der Waals surface area contributed by atoms with Gasteiger partial charge in [-0.3, -0.25) is 0 Å². The summed E-state index contributed by atoms with van der Waals surface area (Å²) >= 11 is 0. The number of rotatable bonds is 18.